The third kappa shape index (κ3) is 8.05. The Kier molecular flexibility index (Phi) is 11.4. The van der Waals surface area contributed by atoms with Gasteiger partial charge >= 0.3 is 0 Å². The topological polar surface area (TPSA) is 61.9 Å². The van der Waals surface area contributed by atoms with E-state index in [9.17, 15) is 4.39 Å². The summed E-state index contributed by atoms with van der Waals surface area (Å²) in [7, 11) is 1.70. The number of unbranched alkanes of at least 4 members (excludes halogenated alkanes) is 1. The minimum absolute atomic E-state index is 0.284. The quantitative estimate of drug-likeness (QED) is 0.150. The lowest BCUT2D eigenvalue weighted by Gasteiger charge is -2.17. The fourth-order valence-electron chi connectivity index (χ4n) is 4.62. The van der Waals surface area contributed by atoms with Gasteiger partial charge in [-0.15, -0.1) is 12.8 Å². The molecule has 4 aromatic rings. The molecular formula is C35H37F2N5. The molecule has 0 spiro atoms. The van der Waals surface area contributed by atoms with Gasteiger partial charge in [0.05, 0.1) is 17.6 Å². The third-order valence-corrected chi connectivity index (χ3v) is 6.70. The summed E-state index contributed by atoms with van der Waals surface area (Å²) in [5, 5.41) is 9.59. The molecule has 0 unspecified atom stereocenters. The maximum atomic E-state index is 15.3. The van der Waals surface area contributed by atoms with Crippen LogP contribution >= 0.6 is 0 Å². The molecule has 0 amide bonds. The van der Waals surface area contributed by atoms with Gasteiger partial charge in [0, 0.05) is 42.8 Å². The van der Waals surface area contributed by atoms with Crippen LogP contribution in [-0.4, -0.2) is 17.0 Å². The van der Waals surface area contributed by atoms with Gasteiger partial charge in [0.2, 0.25) is 0 Å². The number of allylic oxidation sites excluding steroid dienone is 2. The second-order valence-corrected chi connectivity index (χ2v) is 9.78. The van der Waals surface area contributed by atoms with Crippen LogP contribution in [0.1, 0.15) is 37.3 Å². The zero-order valence-corrected chi connectivity index (χ0v) is 24.4. The molecule has 0 aliphatic heterocycles. The molecule has 4 rings (SSSR count). The molecule has 0 aliphatic carbocycles. The largest absolute Gasteiger partial charge is 0.386 e. The SMILES string of the molecule is C#C.C=C(CCCC)Nc1cncc(-c2cc(F)c(NC)c(CC(=C)Nc3nccc(-c4ccc(F)cc4)c3C)c2)c1. The van der Waals surface area contributed by atoms with E-state index in [0.717, 1.165) is 58.5 Å². The van der Waals surface area contributed by atoms with Crippen molar-refractivity contribution in [2.75, 3.05) is 23.0 Å². The molecule has 0 aliphatic rings. The van der Waals surface area contributed by atoms with E-state index >= 15 is 4.39 Å². The number of nitrogens with one attached hydrogen (secondary N) is 3. The molecule has 3 N–H and O–H groups in total. The average molecular weight is 566 g/mol. The van der Waals surface area contributed by atoms with Crippen molar-refractivity contribution in [2.45, 2.75) is 39.5 Å². The highest BCUT2D eigenvalue weighted by atomic mass is 19.1. The number of benzene rings is 2. The summed E-state index contributed by atoms with van der Waals surface area (Å²) in [5.74, 6) is -0.00458. The van der Waals surface area contributed by atoms with Crippen molar-refractivity contribution in [3.8, 4) is 35.1 Å². The maximum Gasteiger partial charge on any atom is 0.147 e. The average Bonchev–Trinajstić information content (AvgIpc) is 2.99. The van der Waals surface area contributed by atoms with Gasteiger partial charge in [0.1, 0.15) is 17.5 Å². The standard InChI is InChI=1S/C33H35F2N5.C2H2/c1-6-7-8-21(2)39-29-17-27(19-37-20-29)25-16-26(32(36-5)31(35)18-25)15-22(3)40-33-23(4)30(13-14-38-33)24-9-11-28(34)12-10-24;1-2/h9-14,16-20,36,39H,2-3,6-8,15H2,1,4-5H3,(H,38,40);1-2H. The Morgan fingerprint density at radius 3 is 2.33 bits per heavy atom. The molecule has 7 heteroatoms. The number of pyridine rings is 2. The van der Waals surface area contributed by atoms with Crippen molar-refractivity contribution in [3.05, 3.63) is 114 Å². The van der Waals surface area contributed by atoms with E-state index in [2.05, 4.69) is 58.8 Å². The first kappa shape index (κ1) is 31.6. The molecule has 0 bridgehead atoms. The van der Waals surface area contributed by atoms with Crippen molar-refractivity contribution < 1.29 is 8.78 Å². The number of anilines is 3. The molecule has 0 fully saturated rings. The number of hydrogen-bond acceptors (Lipinski definition) is 5. The van der Waals surface area contributed by atoms with Crippen molar-refractivity contribution >= 4 is 17.2 Å². The molecule has 0 saturated carbocycles. The summed E-state index contributed by atoms with van der Waals surface area (Å²) >= 11 is 0. The Balaban J connectivity index is 0.00000237. The summed E-state index contributed by atoms with van der Waals surface area (Å²) in [5.41, 5.74) is 7.77. The summed E-state index contributed by atoms with van der Waals surface area (Å²) < 4.78 is 28.7. The Morgan fingerprint density at radius 2 is 1.64 bits per heavy atom. The monoisotopic (exact) mass is 565 g/mol. The van der Waals surface area contributed by atoms with Gasteiger partial charge in [0.15, 0.2) is 0 Å². The van der Waals surface area contributed by atoms with E-state index in [0.29, 0.717) is 29.2 Å². The third-order valence-electron chi connectivity index (χ3n) is 6.70. The summed E-state index contributed by atoms with van der Waals surface area (Å²) in [4.78, 5) is 8.84. The molecule has 216 valence electrons. The van der Waals surface area contributed by atoms with Crippen LogP contribution in [0, 0.1) is 31.4 Å². The van der Waals surface area contributed by atoms with Gasteiger partial charge in [0.25, 0.3) is 0 Å². The van der Waals surface area contributed by atoms with Gasteiger partial charge in [-0.05, 0) is 84.0 Å². The zero-order chi connectivity index (χ0) is 30.6. The highest BCUT2D eigenvalue weighted by molar-refractivity contribution is 5.73. The molecule has 5 nitrogen and oxygen atoms in total. The number of terminal acetylenes is 1. The van der Waals surface area contributed by atoms with Gasteiger partial charge in [-0.3, -0.25) is 4.98 Å². The van der Waals surface area contributed by atoms with Crippen LogP contribution in [0.4, 0.5) is 26.0 Å². The predicted molar refractivity (Wildman–Crippen MR) is 172 cm³/mol. The van der Waals surface area contributed by atoms with Gasteiger partial charge in [-0.1, -0.05) is 38.6 Å². The summed E-state index contributed by atoms with van der Waals surface area (Å²) in [6, 6.07) is 13.7. The Labute approximate surface area is 247 Å². The highest BCUT2D eigenvalue weighted by Gasteiger charge is 2.15. The molecular weight excluding hydrogens is 528 g/mol. The Hall–Kier alpha value is -4.96. The lowest BCUT2D eigenvalue weighted by Crippen LogP contribution is -2.08. The Morgan fingerprint density at radius 1 is 0.905 bits per heavy atom. The zero-order valence-electron chi connectivity index (χ0n) is 24.4. The van der Waals surface area contributed by atoms with Crippen molar-refractivity contribution in [3.63, 3.8) is 0 Å². The summed E-state index contributed by atoms with van der Waals surface area (Å²) in [6.45, 7) is 12.4. The minimum atomic E-state index is -0.360. The molecule has 2 heterocycles. The smallest absolute Gasteiger partial charge is 0.147 e. The normalized spacial score (nSPS) is 10.3. The summed E-state index contributed by atoms with van der Waals surface area (Å²) in [6.07, 6.45) is 16.6. The molecule has 0 radical (unpaired) electrons. The molecule has 0 saturated heterocycles. The molecule has 2 aromatic carbocycles. The van der Waals surface area contributed by atoms with E-state index in [1.54, 1.807) is 37.8 Å². The maximum absolute atomic E-state index is 15.3. The van der Waals surface area contributed by atoms with Crippen molar-refractivity contribution in [1.82, 2.24) is 9.97 Å². The minimum Gasteiger partial charge on any atom is -0.386 e. The van der Waals surface area contributed by atoms with Crippen LogP contribution < -0.4 is 16.0 Å². The first-order valence-corrected chi connectivity index (χ1v) is 13.7. The second-order valence-electron chi connectivity index (χ2n) is 9.78. The van der Waals surface area contributed by atoms with Crippen LogP contribution in [0.15, 0.2) is 91.7 Å². The number of halogens is 2. The van der Waals surface area contributed by atoms with Gasteiger partial charge in [-0.2, -0.15) is 0 Å². The molecule has 0 atom stereocenters. The predicted octanol–water partition coefficient (Wildman–Crippen LogP) is 8.97. The van der Waals surface area contributed by atoms with E-state index in [-0.39, 0.29) is 11.6 Å². The van der Waals surface area contributed by atoms with Crippen LogP contribution in [-0.2, 0) is 6.42 Å². The highest BCUT2D eigenvalue weighted by Crippen LogP contribution is 2.32. The molecule has 42 heavy (non-hydrogen) atoms. The number of nitrogens with zero attached hydrogens (tertiary/aromatic N) is 2. The number of hydrogen-bond donors (Lipinski definition) is 3. The fourth-order valence-corrected chi connectivity index (χ4v) is 4.62. The Bertz CT molecular complexity index is 1560. The van der Waals surface area contributed by atoms with E-state index < -0.39 is 0 Å². The van der Waals surface area contributed by atoms with Gasteiger partial charge < -0.3 is 16.0 Å². The number of aromatic nitrogens is 2. The van der Waals surface area contributed by atoms with E-state index in [4.69, 9.17) is 0 Å². The van der Waals surface area contributed by atoms with Crippen LogP contribution in [0.5, 0.6) is 0 Å². The van der Waals surface area contributed by atoms with Crippen LogP contribution in [0.2, 0.25) is 0 Å². The van der Waals surface area contributed by atoms with E-state index in [1.807, 2.05) is 25.1 Å². The van der Waals surface area contributed by atoms with Crippen LogP contribution in [0.3, 0.4) is 0 Å². The lowest BCUT2D eigenvalue weighted by molar-refractivity contribution is 0.628. The number of rotatable bonds is 12. The second kappa shape index (κ2) is 15.2. The first-order valence-electron chi connectivity index (χ1n) is 13.7. The van der Waals surface area contributed by atoms with E-state index in [1.165, 1.54) is 18.2 Å². The fraction of sp³-hybridized carbons (Fsp3) is 0.200. The van der Waals surface area contributed by atoms with Crippen molar-refractivity contribution in [1.29, 1.82) is 0 Å². The van der Waals surface area contributed by atoms with Crippen LogP contribution in [0.25, 0.3) is 22.3 Å². The first-order chi connectivity index (χ1) is 20.3. The molecule has 2 aromatic heterocycles. The lowest BCUT2D eigenvalue weighted by atomic mass is 9.99. The van der Waals surface area contributed by atoms with Gasteiger partial charge in [-0.25, -0.2) is 13.8 Å². The van der Waals surface area contributed by atoms with Crippen molar-refractivity contribution in [2.24, 2.45) is 0 Å².